The number of carbonyl (C=O) groups excluding carboxylic acids is 3. The van der Waals surface area contributed by atoms with Gasteiger partial charge in [-0.3, -0.25) is 19.2 Å². The normalized spacial score (nSPS) is 11.4. The quantitative estimate of drug-likeness (QED) is 0.233. The highest BCUT2D eigenvalue weighted by Gasteiger charge is 2.29. The van der Waals surface area contributed by atoms with Gasteiger partial charge in [-0.05, 0) is 42.8 Å². The van der Waals surface area contributed by atoms with Crippen LogP contribution in [0.4, 0.5) is 0 Å². The van der Waals surface area contributed by atoms with E-state index >= 15 is 0 Å². The molecular weight excluding hydrogens is 486 g/mol. The SMILES string of the molecule is CCONC(=O)C(=O)[C@@H](Cc1ccc(OC)cc1)NC(=O)c1cccnc1-n1ccc(-c2ccccc2)n1. The van der Waals surface area contributed by atoms with Crippen LogP contribution in [0.2, 0.25) is 0 Å². The monoisotopic (exact) mass is 513 g/mol. The maximum Gasteiger partial charge on any atom is 0.313 e. The number of nitrogens with one attached hydrogen (secondary N) is 2. The molecule has 10 nitrogen and oxygen atoms in total. The number of amides is 2. The first kappa shape index (κ1) is 26.2. The predicted molar refractivity (Wildman–Crippen MR) is 140 cm³/mol. The zero-order chi connectivity index (χ0) is 26.9. The summed E-state index contributed by atoms with van der Waals surface area (Å²) in [6.07, 6.45) is 3.33. The number of nitrogens with zero attached hydrogens (tertiary/aromatic N) is 3. The van der Waals surface area contributed by atoms with Crippen molar-refractivity contribution in [1.29, 1.82) is 0 Å². The van der Waals surface area contributed by atoms with E-state index in [2.05, 4.69) is 20.9 Å². The van der Waals surface area contributed by atoms with Crippen LogP contribution in [0.25, 0.3) is 17.1 Å². The van der Waals surface area contributed by atoms with E-state index in [1.807, 2.05) is 36.4 Å². The average Bonchev–Trinajstić information content (AvgIpc) is 3.46. The van der Waals surface area contributed by atoms with Crippen LogP contribution in [0.1, 0.15) is 22.8 Å². The summed E-state index contributed by atoms with van der Waals surface area (Å²) < 4.78 is 6.68. The van der Waals surface area contributed by atoms with Gasteiger partial charge in [-0.1, -0.05) is 42.5 Å². The Labute approximate surface area is 219 Å². The van der Waals surface area contributed by atoms with Crippen molar-refractivity contribution in [3.63, 3.8) is 0 Å². The Hall–Kier alpha value is -4.83. The lowest BCUT2D eigenvalue weighted by atomic mass is 10.0. The highest BCUT2D eigenvalue weighted by atomic mass is 16.6. The van der Waals surface area contributed by atoms with E-state index in [1.54, 1.807) is 62.8 Å². The summed E-state index contributed by atoms with van der Waals surface area (Å²) in [5.74, 6) is -1.47. The molecule has 38 heavy (non-hydrogen) atoms. The molecule has 10 heteroatoms. The minimum atomic E-state index is -1.16. The first-order chi connectivity index (χ1) is 18.5. The molecule has 2 heterocycles. The molecule has 0 fully saturated rings. The zero-order valence-corrected chi connectivity index (χ0v) is 21.0. The van der Waals surface area contributed by atoms with E-state index < -0.39 is 23.6 Å². The third kappa shape index (κ3) is 6.29. The fourth-order valence-corrected chi connectivity index (χ4v) is 3.75. The van der Waals surface area contributed by atoms with Gasteiger partial charge in [-0.25, -0.2) is 15.1 Å². The number of ether oxygens (including phenoxy) is 1. The predicted octanol–water partition coefficient (Wildman–Crippen LogP) is 2.92. The Morgan fingerprint density at radius 3 is 2.45 bits per heavy atom. The number of rotatable bonds is 11. The molecule has 2 aromatic carbocycles. The molecule has 194 valence electrons. The first-order valence-corrected chi connectivity index (χ1v) is 12.0. The molecule has 0 aliphatic carbocycles. The third-order valence-corrected chi connectivity index (χ3v) is 5.66. The number of benzene rings is 2. The number of ketones is 1. The molecule has 0 unspecified atom stereocenters. The maximum atomic E-state index is 13.4. The van der Waals surface area contributed by atoms with Gasteiger partial charge in [0.15, 0.2) is 5.82 Å². The Bertz CT molecular complexity index is 1400. The number of Topliss-reactive ketones (excluding diaryl/α,β-unsaturated/α-hetero) is 1. The molecule has 4 aromatic rings. The van der Waals surface area contributed by atoms with Crippen molar-refractivity contribution < 1.29 is 24.0 Å². The van der Waals surface area contributed by atoms with E-state index in [0.29, 0.717) is 11.4 Å². The van der Waals surface area contributed by atoms with Gasteiger partial charge in [0.2, 0.25) is 5.78 Å². The van der Waals surface area contributed by atoms with Crippen LogP contribution in [0, 0.1) is 0 Å². The molecule has 2 aromatic heterocycles. The highest BCUT2D eigenvalue weighted by molar-refractivity contribution is 6.38. The molecule has 4 rings (SSSR count). The number of methoxy groups -OCH3 is 1. The summed E-state index contributed by atoms with van der Waals surface area (Å²) in [5, 5.41) is 7.27. The molecule has 2 amide bonds. The number of carbonyl (C=O) groups is 3. The molecule has 0 saturated heterocycles. The maximum absolute atomic E-state index is 13.4. The van der Waals surface area contributed by atoms with Crippen molar-refractivity contribution in [3.05, 3.63) is 96.3 Å². The lowest BCUT2D eigenvalue weighted by Crippen LogP contribution is -2.48. The van der Waals surface area contributed by atoms with Gasteiger partial charge < -0.3 is 10.1 Å². The summed E-state index contributed by atoms with van der Waals surface area (Å²) in [6.45, 7) is 1.85. The van der Waals surface area contributed by atoms with Gasteiger partial charge >= 0.3 is 5.91 Å². The van der Waals surface area contributed by atoms with Crippen molar-refractivity contribution in [1.82, 2.24) is 25.6 Å². The minimum absolute atomic E-state index is 0.0730. The summed E-state index contributed by atoms with van der Waals surface area (Å²) in [5.41, 5.74) is 4.64. The van der Waals surface area contributed by atoms with Crippen LogP contribution >= 0.6 is 0 Å². The van der Waals surface area contributed by atoms with Crippen molar-refractivity contribution in [2.75, 3.05) is 13.7 Å². The Morgan fingerprint density at radius 1 is 0.974 bits per heavy atom. The van der Waals surface area contributed by atoms with Gasteiger partial charge in [0.1, 0.15) is 11.8 Å². The van der Waals surface area contributed by atoms with Crippen LogP contribution in [0.5, 0.6) is 5.75 Å². The number of hydroxylamine groups is 1. The molecular formula is C28H27N5O5. The summed E-state index contributed by atoms with van der Waals surface area (Å²) in [7, 11) is 1.55. The van der Waals surface area contributed by atoms with E-state index in [1.165, 1.54) is 4.68 Å². The van der Waals surface area contributed by atoms with Crippen molar-refractivity contribution in [2.45, 2.75) is 19.4 Å². The Balaban J connectivity index is 1.60. The van der Waals surface area contributed by atoms with Crippen LogP contribution in [-0.4, -0.2) is 52.1 Å². The zero-order valence-electron chi connectivity index (χ0n) is 21.0. The second kappa shape index (κ2) is 12.4. The van der Waals surface area contributed by atoms with Crippen molar-refractivity contribution in [2.24, 2.45) is 0 Å². The molecule has 0 bridgehead atoms. The third-order valence-electron chi connectivity index (χ3n) is 5.66. The fraction of sp³-hybridized carbons (Fsp3) is 0.179. The Kier molecular flexibility index (Phi) is 8.57. The minimum Gasteiger partial charge on any atom is -0.497 e. The molecule has 0 saturated carbocycles. The van der Waals surface area contributed by atoms with E-state index in [4.69, 9.17) is 9.57 Å². The van der Waals surface area contributed by atoms with E-state index in [0.717, 1.165) is 11.1 Å². The summed E-state index contributed by atoms with van der Waals surface area (Å²) in [6, 6.07) is 20.4. The highest BCUT2D eigenvalue weighted by Crippen LogP contribution is 2.19. The average molecular weight is 514 g/mol. The van der Waals surface area contributed by atoms with Crippen LogP contribution < -0.4 is 15.5 Å². The molecule has 1 atom stereocenters. The number of pyridine rings is 1. The van der Waals surface area contributed by atoms with E-state index in [9.17, 15) is 14.4 Å². The van der Waals surface area contributed by atoms with Gasteiger partial charge in [0.25, 0.3) is 5.91 Å². The molecule has 0 aliphatic rings. The van der Waals surface area contributed by atoms with Crippen LogP contribution in [0.15, 0.2) is 85.2 Å². The number of hydrogen-bond acceptors (Lipinski definition) is 7. The topological polar surface area (TPSA) is 124 Å². The van der Waals surface area contributed by atoms with Gasteiger partial charge in [-0.2, -0.15) is 5.10 Å². The van der Waals surface area contributed by atoms with Gasteiger partial charge in [-0.15, -0.1) is 0 Å². The molecule has 2 N–H and O–H groups in total. The number of aromatic nitrogens is 3. The van der Waals surface area contributed by atoms with Crippen LogP contribution in [0.3, 0.4) is 0 Å². The molecule has 0 spiro atoms. The Morgan fingerprint density at radius 2 is 1.74 bits per heavy atom. The van der Waals surface area contributed by atoms with Crippen LogP contribution in [-0.2, 0) is 20.8 Å². The fourth-order valence-electron chi connectivity index (χ4n) is 3.75. The van der Waals surface area contributed by atoms with Gasteiger partial charge in [0, 0.05) is 24.4 Å². The lowest BCUT2D eigenvalue weighted by molar-refractivity contribution is -0.146. The number of hydrogen-bond donors (Lipinski definition) is 2. The van der Waals surface area contributed by atoms with Gasteiger partial charge in [0.05, 0.1) is 25.0 Å². The smallest absolute Gasteiger partial charge is 0.313 e. The second-order valence-corrected chi connectivity index (χ2v) is 8.19. The van der Waals surface area contributed by atoms with Crippen molar-refractivity contribution >= 4 is 17.6 Å². The molecule has 0 aliphatic heterocycles. The van der Waals surface area contributed by atoms with Crippen molar-refractivity contribution in [3.8, 4) is 22.8 Å². The second-order valence-electron chi connectivity index (χ2n) is 8.19. The lowest BCUT2D eigenvalue weighted by Gasteiger charge is -2.18. The standard InChI is InChI=1S/C28H27N5O5/c1-3-38-32-28(36)25(34)24(18-19-11-13-21(37-2)14-12-19)30-27(35)22-10-7-16-29-26(22)33-17-15-23(31-33)20-8-5-4-6-9-20/h4-17,24H,3,18H2,1-2H3,(H,30,35)(H,32,36)/t24-/m1/s1. The summed E-state index contributed by atoms with van der Waals surface area (Å²) in [4.78, 5) is 48.0. The summed E-state index contributed by atoms with van der Waals surface area (Å²) >= 11 is 0. The largest absolute Gasteiger partial charge is 0.497 e. The first-order valence-electron chi connectivity index (χ1n) is 12.0. The molecule has 0 radical (unpaired) electrons. The van der Waals surface area contributed by atoms with E-state index in [-0.39, 0.29) is 24.4 Å².